The molecule has 7 heteroatoms. The van der Waals surface area contributed by atoms with E-state index in [0.29, 0.717) is 44.3 Å². The number of aromatic nitrogens is 1. The summed E-state index contributed by atoms with van der Waals surface area (Å²) in [4.78, 5) is 34.1. The van der Waals surface area contributed by atoms with Crippen molar-refractivity contribution in [2.24, 2.45) is 5.92 Å². The third kappa shape index (κ3) is 5.78. The van der Waals surface area contributed by atoms with E-state index in [1.807, 2.05) is 43.0 Å². The Balaban J connectivity index is 1.56. The largest absolute Gasteiger partial charge is 0.486 e. The van der Waals surface area contributed by atoms with Gasteiger partial charge in [0.1, 0.15) is 23.1 Å². The van der Waals surface area contributed by atoms with Crippen LogP contribution in [0.1, 0.15) is 72.3 Å². The molecule has 0 bridgehead atoms. The van der Waals surface area contributed by atoms with E-state index in [9.17, 15) is 9.59 Å². The van der Waals surface area contributed by atoms with Gasteiger partial charge >= 0.3 is 0 Å². The van der Waals surface area contributed by atoms with Crippen LogP contribution in [0.3, 0.4) is 0 Å². The Morgan fingerprint density at radius 3 is 2.58 bits per heavy atom. The molecule has 0 N–H and O–H groups in total. The first-order valence-electron chi connectivity index (χ1n) is 12.7. The van der Waals surface area contributed by atoms with Crippen molar-refractivity contribution in [3.63, 3.8) is 0 Å². The molecule has 4 rings (SSSR count). The Hall–Kier alpha value is -3.19. The smallest absolute Gasteiger partial charge is 0.273 e. The summed E-state index contributed by atoms with van der Waals surface area (Å²) < 4.78 is 6.13. The number of nitrogens with zero attached hydrogens (tertiary/aromatic N) is 3. The van der Waals surface area contributed by atoms with Gasteiger partial charge in [-0.3, -0.25) is 9.59 Å². The average molecular weight is 506 g/mol. The van der Waals surface area contributed by atoms with Crippen LogP contribution in [0.25, 0.3) is 0 Å². The minimum Gasteiger partial charge on any atom is -0.486 e. The van der Waals surface area contributed by atoms with Crippen molar-refractivity contribution in [1.82, 2.24) is 14.8 Å². The molecule has 0 spiro atoms. The molecule has 0 radical (unpaired) electrons. The Labute approximate surface area is 217 Å². The maximum Gasteiger partial charge on any atom is 0.273 e. The first kappa shape index (κ1) is 25.9. The molecule has 1 aliphatic heterocycles. The number of benzene rings is 2. The average Bonchev–Trinajstić information content (AvgIpc) is 3.36. The van der Waals surface area contributed by atoms with Crippen LogP contribution in [0.2, 0.25) is 0 Å². The van der Waals surface area contributed by atoms with Crippen molar-refractivity contribution < 1.29 is 14.3 Å². The van der Waals surface area contributed by atoms with Gasteiger partial charge in [-0.25, -0.2) is 4.98 Å². The summed E-state index contributed by atoms with van der Waals surface area (Å²) in [5, 5.41) is 2.56. The van der Waals surface area contributed by atoms with E-state index in [2.05, 4.69) is 43.1 Å². The van der Waals surface area contributed by atoms with Gasteiger partial charge in [0, 0.05) is 31.4 Å². The van der Waals surface area contributed by atoms with Gasteiger partial charge in [-0.2, -0.15) is 0 Å². The summed E-state index contributed by atoms with van der Waals surface area (Å²) in [6.07, 6.45) is 1.36. The highest BCUT2D eigenvalue weighted by Gasteiger charge is 2.32. The molecule has 0 saturated carbocycles. The minimum absolute atomic E-state index is 0.0480. The number of hydrogen-bond acceptors (Lipinski definition) is 5. The lowest BCUT2D eigenvalue weighted by Gasteiger charge is -2.38. The van der Waals surface area contributed by atoms with Gasteiger partial charge in [-0.1, -0.05) is 50.2 Å². The van der Waals surface area contributed by atoms with Gasteiger partial charge in [0.2, 0.25) is 5.91 Å². The fourth-order valence-corrected chi connectivity index (χ4v) is 5.39. The van der Waals surface area contributed by atoms with Crippen molar-refractivity contribution >= 4 is 23.2 Å². The summed E-state index contributed by atoms with van der Waals surface area (Å²) >= 11 is 1.44. The van der Waals surface area contributed by atoms with Crippen LogP contribution in [0.4, 0.5) is 0 Å². The van der Waals surface area contributed by atoms with E-state index >= 15 is 0 Å². The topological polar surface area (TPSA) is 62.7 Å². The first-order chi connectivity index (χ1) is 17.4. The number of fused-ring (bicyclic) bond motifs is 1. The standard InChI is InChI=1S/C29H35N3O3S/c1-5-31(6-2)29(34)25-19-36-26(30-25)18-35-23-13-12-21-14-15-32(27(33)16-20(3)4)28(24(21)17-23)22-10-8-7-9-11-22/h7-13,17,19-20,28H,5-6,14-16,18H2,1-4H3/t28-/m1/s1. The van der Waals surface area contributed by atoms with Crippen LogP contribution >= 0.6 is 11.3 Å². The van der Waals surface area contributed by atoms with Crippen molar-refractivity contribution in [3.05, 3.63) is 81.3 Å². The van der Waals surface area contributed by atoms with Gasteiger partial charge in [0.05, 0.1) is 6.04 Å². The number of carbonyl (C=O) groups is 2. The molecular weight excluding hydrogens is 470 g/mol. The van der Waals surface area contributed by atoms with Crippen LogP contribution in [-0.4, -0.2) is 46.2 Å². The predicted molar refractivity (Wildman–Crippen MR) is 143 cm³/mol. The quantitative estimate of drug-likeness (QED) is 0.373. The fraction of sp³-hybridized carbons (Fsp3) is 0.414. The molecule has 36 heavy (non-hydrogen) atoms. The number of hydrogen-bond donors (Lipinski definition) is 0. The van der Waals surface area contributed by atoms with Crippen molar-refractivity contribution in [2.45, 2.75) is 53.2 Å². The Bertz CT molecular complexity index is 1190. The number of amides is 2. The molecule has 1 atom stereocenters. The molecule has 6 nitrogen and oxygen atoms in total. The van der Waals surface area contributed by atoms with Gasteiger partial charge in [-0.15, -0.1) is 11.3 Å². The van der Waals surface area contributed by atoms with E-state index in [4.69, 9.17) is 4.74 Å². The molecule has 2 aromatic carbocycles. The first-order valence-corrected chi connectivity index (χ1v) is 13.6. The van der Waals surface area contributed by atoms with Gasteiger partial charge in [0.15, 0.2) is 0 Å². The third-order valence-corrected chi connectivity index (χ3v) is 7.37. The van der Waals surface area contributed by atoms with Crippen LogP contribution < -0.4 is 4.74 Å². The Morgan fingerprint density at radius 2 is 1.89 bits per heavy atom. The van der Waals surface area contributed by atoms with Crippen molar-refractivity contribution in [2.75, 3.05) is 19.6 Å². The number of carbonyl (C=O) groups excluding carboxylic acids is 2. The SMILES string of the molecule is CCN(CC)C(=O)c1csc(COc2ccc3c(c2)[C@@H](c2ccccc2)N(C(=O)CC(C)C)CC3)n1. The summed E-state index contributed by atoms with van der Waals surface area (Å²) in [6, 6.07) is 16.3. The van der Waals surface area contributed by atoms with Gasteiger partial charge in [0.25, 0.3) is 5.91 Å². The summed E-state index contributed by atoms with van der Waals surface area (Å²) in [7, 11) is 0. The number of ether oxygens (including phenoxy) is 1. The number of rotatable bonds is 9. The highest BCUT2D eigenvalue weighted by Crippen LogP contribution is 2.38. The predicted octanol–water partition coefficient (Wildman–Crippen LogP) is 5.72. The summed E-state index contributed by atoms with van der Waals surface area (Å²) in [5.74, 6) is 1.18. The maximum absolute atomic E-state index is 13.2. The Kier molecular flexibility index (Phi) is 8.41. The minimum atomic E-state index is -0.136. The van der Waals surface area contributed by atoms with E-state index in [-0.39, 0.29) is 17.9 Å². The number of thiazole rings is 1. The maximum atomic E-state index is 13.2. The van der Waals surface area contributed by atoms with Crippen LogP contribution in [0.5, 0.6) is 5.75 Å². The molecule has 1 aromatic heterocycles. The fourth-order valence-electron chi connectivity index (χ4n) is 4.71. The zero-order chi connectivity index (χ0) is 25.7. The van der Waals surface area contributed by atoms with Crippen LogP contribution in [-0.2, 0) is 17.8 Å². The Morgan fingerprint density at radius 1 is 1.14 bits per heavy atom. The molecule has 0 aliphatic carbocycles. The highest BCUT2D eigenvalue weighted by molar-refractivity contribution is 7.09. The zero-order valence-corrected chi connectivity index (χ0v) is 22.4. The van der Waals surface area contributed by atoms with Gasteiger partial charge in [-0.05, 0) is 55.0 Å². The van der Waals surface area contributed by atoms with Crippen molar-refractivity contribution in [1.29, 1.82) is 0 Å². The normalized spacial score (nSPS) is 15.0. The van der Waals surface area contributed by atoms with E-state index in [0.717, 1.165) is 28.3 Å². The second kappa shape index (κ2) is 11.7. The molecule has 0 unspecified atom stereocenters. The van der Waals surface area contributed by atoms with Gasteiger partial charge < -0.3 is 14.5 Å². The lowest BCUT2D eigenvalue weighted by molar-refractivity contribution is -0.134. The van der Waals surface area contributed by atoms with E-state index < -0.39 is 0 Å². The molecular formula is C29H35N3O3S. The van der Waals surface area contributed by atoms with E-state index in [1.54, 1.807) is 10.3 Å². The summed E-state index contributed by atoms with van der Waals surface area (Å²) in [6.45, 7) is 10.4. The highest BCUT2D eigenvalue weighted by atomic mass is 32.1. The zero-order valence-electron chi connectivity index (χ0n) is 21.6. The molecule has 190 valence electrons. The van der Waals surface area contributed by atoms with E-state index in [1.165, 1.54) is 16.9 Å². The third-order valence-electron chi connectivity index (χ3n) is 6.55. The second-order valence-electron chi connectivity index (χ2n) is 9.50. The molecule has 0 fully saturated rings. The molecule has 3 aromatic rings. The molecule has 2 amide bonds. The van der Waals surface area contributed by atoms with Crippen LogP contribution in [0.15, 0.2) is 53.9 Å². The summed E-state index contributed by atoms with van der Waals surface area (Å²) in [5.41, 5.74) is 3.92. The molecule has 2 heterocycles. The van der Waals surface area contributed by atoms with Crippen molar-refractivity contribution in [3.8, 4) is 5.75 Å². The molecule has 1 aliphatic rings. The lowest BCUT2D eigenvalue weighted by atomic mass is 9.87. The molecule has 0 saturated heterocycles. The monoisotopic (exact) mass is 505 g/mol. The second-order valence-corrected chi connectivity index (χ2v) is 10.4. The van der Waals surface area contributed by atoms with Crippen LogP contribution in [0, 0.1) is 5.92 Å². The lowest BCUT2D eigenvalue weighted by Crippen LogP contribution is -2.41.